The van der Waals surface area contributed by atoms with Crippen molar-refractivity contribution in [3.8, 4) is 5.69 Å². The van der Waals surface area contributed by atoms with Gasteiger partial charge in [0.2, 0.25) is 5.91 Å². The number of aromatic nitrogens is 2. The largest absolute Gasteiger partial charge is 0.372 e. The molecule has 2 N–H and O–H groups in total. The third-order valence-electron chi connectivity index (χ3n) is 8.47. The van der Waals surface area contributed by atoms with Gasteiger partial charge in [-0.15, -0.1) is 0 Å². The molecule has 3 heterocycles. The zero-order valence-electron chi connectivity index (χ0n) is 26.0. The molecule has 0 unspecified atom stereocenters. The summed E-state index contributed by atoms with van der Waals surface area (Å²) in [5.41, 5.74) is 9.75. The minimum Gasteiger partial charge on any atom is -0.372 e. The molecule has 7 nitrogen and oxygen atoms in total. The van der Waals surface area contributed by atoms with Crippen molar-refractivity contribution >= 4 is 34.6 Å². The Bertz CT molecular complexity index is 1590. The van der Waals surface area contributed by atoms with Crippen molar-refractivity contribution in [1.82, 2.24) is 19.8 Å². The van der Waals surface area contributed by atoms with Gasteiger partial charge in [0.05, 0.1) is 17.8 Å². The maximum absolute atomic E-state index is 13.1. The predicted octanol–water partition coefficient (Wildman–Crippen LogP) is 6.95. The van der Waals surface area contributed by atoms with Gasteiger partial charge in [-0.3, -0.25) is 9.78 Å². The first-order chi connectivity index (χ1) is 20.7. The van der Waals surface area contributed by atoms with Crippen LogP contribution in [0.3, 0.4) is 0 Å². The summed E-state index contributed by atoms with van der Waals surface area (Å²) >= 11 is 5.90. The molecule has 2 atom stereocenters. The second-order valence-corrected chi connectivity index (χ2v) is 11.7. The Balaban J connectivity index is 1.46. The fourth-order valence-electron chi connectivity index (χ4n) is 6.18. The van der Waals surface area contributed by atoms with Crippen LogP contribution in [0.25, 0.3) is 5.69 Å². The van der Waals surface area contributed by atoms with Gasteiger partial charge in [-0.05, 0) is 119 Å². The Morgan fingerprint density at radius 2 is 1.74 bits per heavy atom. The Kier molecular flexibility index (Phi) is 9.16. The number of nitrogens with zero attached hydrogens (tertiary/aromatic N) is 4. The van der Waals surface area contributed by atoms with Crippen LogP contribution in [0.1, 0.15) is 66.1 Å². The summed E-state index contributed by atoms with van der Waals surface area (Å²) < 4.78 is 2.31. The molecule has 5 rings (SSSR count). The Labute approximate surface area is 260 Å². The summed E-state index contributed by atoms with van der Waals surface area (Å²) in [6.07, 6.45) is 2.13. The molecule has 224 valence electrons. The lowest BCUT2D eigenvalue weighted by Crippen LogP contribution is -2.33. The maximum Gasteiger partial charge on any atom is 0.226 e. The highest BCUT2D eigenvalue weighted by Crippen LogP contribution is 2.41. The number of hydrogen-bond donors (Lipinski definition) is 2. The maximum atomic E-state index is 13.1. The van der Waals surface area contributed by atoms with Crippen molar-refractivity contribution in [2.24, 2.45) is 0 Å². The van der Waals surface area contributed by atoms with Crippen LogP contribution in [0.15, 0.2) is 72.9 Å². The highest BCUT2D eigenvalue weighted by Gasteiger charge is 2.41. The zero-order valence-corrected chi connectivity index (χ0v) is 26.8. The summed E-state index contributed by atoms with van der Waals surface area (Å²) in [4.78, 5) is 22.3. The summed E-state index contributed by atoms with van der Waals surface area (Å²) in [6.45, 7) is 15.2. The van der Waals surface area contributed by atoms with Gasteiger partial charge in [-0.25, -0.2) is 0 Å². The predicted molar refractivity (Wildman–Crippen MR) is 180 cm³/mol. The molecule has 0 radical (unpaired) electrons. The molecule has 1 aliphatic rings. The van der Waals surface area contributed by atoms with E-state index in [4.69, 9.17) is 17.2 Å². The monoisotopic (exact) mass is 594 g/mol. The Morgan fingerprint density at radius 1 is 1.00 bits per heavy atom. The topological polar surface area (TPSA) is 65.4 Å². The number of carbonyl (C=O) groups excluding carboxylic acids is 1. The van der Waals surface area contributed by atoms with Crippen LogP contribution >= 0.6 is 12.2 Å². The minimum atomic E-state index is -0.144. The van der Waals surface area contributed by atoms with E-state index in [1.165, 1.54) is 11.3 Å². The summed E-state index contributed by atoms with van der Waals surface area (Å²) in [6, 6.07) is 22.8. The van der Waals surface area contributed by atoms with E-state index in [1.54, 1.807) is 0 Å². The molecule has 0 bridgehead atoms. The molecular formula is C35H42N6OS. The van der Waals surface area contributed by atoms with Gasteiger partial charge in [0.25, 0.3) is 0 Å². The van der Waals surface area contributed by atoms with E-state index < -0.39 is 0 Å². The van der Waals surface area contributed by atoms with Gasteiger partial charge in [0.15, 0.2) is 5.11 Å². The van der Waals surface area contributed by atoms with Gasteiger partial charge in [0, 0.05) is 60.7 Å². The number of amides is 1. The number of rotatable bonds is 10. The lowest BCUT2D eigenvalue weighted by atomic mass is 9.96. The normalized spacial score (nSPS) is 16.3. The second-order valence-electron chi connectivity index (χ2n) is 11.3. The number of aryl methyl sites for hydroxylation is 3. The van der Waals surface area contributed by atoms with Gasteiger partial charge in [0.1, 0.15) is 0 Å². The quantitative estimate of drug-likeness (QED) is 0.194. The molecule has 1 fully saturated rings. The first-order valence-corrected chi connectivity index (χ1v) is 15.5. The summed E-state index contributed by atoms with van der Waals surface area (Å²) in [5.74, 6) is -0.0321. The molecule has 1 amide bonds. The van der Waals surface area contributed by atoms with Crippen LogP contribution in [0.4, 0.5) is 11.4 Å². The third kappa shape index (κ3) is 6.30. The number of pyridine rings is 1. The van der Waals surface area contributed by atoms with Crippen LogP contribution in [0.5, 0.6) is 0 Å². The van der Waals surface area contributed by atoms with Crippen molar-refractivity contribution in [3.05, 3.63) is 107 Å². The summed E-state index contributed by atoms with van der Waals surface area (Å²) in [5, 5.41) is 7.27. The molecule has 8 heteroatoms. The lowest BCUT2D eigenvalue weighted by molar-refractivity contribution is -0.116. The van der Waals surface area contributed by atoms with Crippen molar-refractivity contribution in [2.75, 3.05) is 29.9 Å². The van der Waals surface area contributed by atoms with Crippen molar-refractivity contribution in [3.63, 3.8) is 0 Å². The van der Waals surface area contributed by atoms with Crippen molar-refractivity contribution in [1.29, 1.82) is 0 Å². The van der Waals surface area contributed by atoms with Gasteiger partial charge in [-0.1, -0.05) is 18.2 Å². The van der Waals surface area contributed by atoms with Crippen LogP contribution < -0.4 is 15.5 Å². The van der Waals surface area contributed by atoms with Gasteiger partial charge in [-0.2, -0.15) is 0 Å². The fourth-order valence-corrected chi connectivity index (χ4v) is 6.51. The Hall–Kier alpha value is -4.17. The van der Waals surface area contributed by atoms with Crippen LogP contribution in [0, 0.1) is 27.7 Å². The Morgan fingerprint density at radius 3 is 2.42 bits per heavy atom. The molecule has 1 saturated heterocycles. The minimum absolute atomic E-state index is 0.0321. The molecule has 0 aliphatic carbocycles. The van der Waals surface area contributed by atoms with Crippen LogP contribution in [-0.4, -0.2) is 45.1 Å². The number of hydrogen-bond acceptors (Lipinski definition) is 4. The van der Waals surface area contributed by atoms with E-state index >= 15 is 0 Å². The van der Waals surface area contributed by atoms with Gasteiger partial charge >= 0.3 is 0 Å². The van der Waals surface area contributed by atoms with E-state index in [1.807, 2.05) is 50.4 Å². The zero-order chi connectivity index (χ0) is 30.7. The van der Waals surface area contributed by atoms with Gasteiger partial charge < -0.3 is 25.0 Å². The SMILES string of the molecule is CCN(CC)c1ccc(-n2c(C)cc([C@H]3[C@@H](c4ccccn4)NC(=S)N3CCC(=O)Nc3cc(C)ccc3C)c2C)cc1. The van der Waals surface area contributed by atoms with E-state index in [0.29, 0.717) is 18.1 Å². The number of anilines is 2. The fraction of sp³-hybridized carbons (Fsp3) is 0.343. The first-order valence-electron chi connectivity index (χ1n) is 15.1. The number of thiocarbonyl (C=S) groups is 1. The standard InChI is InChI=1S/C35H42N6OS/c1-7-39(8-2)27-14-16-28(17-15-27)41-25(5)22-29(26(41)6)34-33(30-11-9-10-19-36-30)38-35(43)40(34)20-18-32(42)37-31-21-23(3)12-13-24(31)4/h9-17,19,21-22,33-34H,7-8,18,20H2,1-6H3,(H,37,42)(H,38,43)/t33-,34+/m1/s1. The number of benzene rings is 2. The molecule has 1 aliphatic heterocycles. The number of nitrogens with one attached hydrogen (secondary N) is 2. The molecular weight excluding hydrogens is 552 g/mol. The average Bonchev–Trinajstić information content (AvgIpc) is 3.49. The lowest BCUT2D eigenvalue weighted by Gasteiger charge is -2.28. The highest BCUT2D eigenvalue weighted by molar-refractivity contribution is 7.80. The van der Waals surface area contributed by atoms with E-state index in [0.717, 1.165) is 52.7 Å². The smallest absolute Gasteiger partial charge is 0.226 e. The molecule has 4 aromatic rings. The average molecular weight is 595 g/mol. The van der Waals surface area contributed by atoms with E-state index in [9.17, 15) is 4.79 Å². The summed E-state index contributed by atoms with van der Waals surface area (Å²) in [7, 11) is 0. The third-order valence-corrected chi connectivity index (χ3v) is 8.82. The molecule has 2 aromatic carbocycles. The molecule has 0 saturated carbocycles. The van der Waals surface area contributed by atoms with Crippen molar-refractivity contribution in [2.45, 2.75) is 60.0 Å². The molecule has 0 spiro atoms. The first kappa shape index (κ1) is 30.3. The second kappa shape index (κ2) is 13.0. The van der Waals surface area contributed by atoms with Crippen LogP contribution in [0.2, 0.25) is 0 Å². The molecule has 43 heavy (non-hydrogen) atoms. The highest BCUT2D eigenvalue weighted by atomic mass is 32.1. The molecule has 2 aromatic heterocycles. The van der Waals surface area contributed by atoms with E-state index in [2.05, 4.69) is 89.1 Å². The van der Waals surface area contributed by atoms with Crippen molar-refractivity contribution < 1.29 is 4.79 Å². The number of carbonyl (C=O) groups is 1. The van der Waals surface area contributed by atoms with Crippen LogP contribution in [-0.2, 0) is 4.79 Å². The van der Waals surface area contributed by atoms with E-state index in [-0.39, 0.29) is 18.0 Å².